The van der Waals surface area contributed by atoms with Crippen molar-refractivity contribution in [2.45, 2.75) is 51.1 Å². The van der Waals surface area contributed by atoms with Gasteiger partial charge in [0.15, 0.2) is 6.23 Å². The van der Waals surface area contributed by atoms with Crippen LogP contribution >= 0.6 is 0 Å². The first-order valence-corrected chi connectivity index (χ1v) is 11.5. The van der Waals surface area contributed by atoms with Crippen molar-refractivity contribution in [3.8, 4) is 5.75 Å². The van der Waals surface area contributed by atoms with Crippen LogP contribution in [-0.4, -0.2) is 53.7 Å². The van der Waals surface area contributed by atoms with Gasteiger partial charge in [-0.05, 0) is 64.2 Å². The number of allylic oxidation sites excluding steroid dienone is 1. The minimum absolute atomic E-state index is 0.00483. The second-order valence-corrected chi connectivity index (χ2v) is 9.30. The van der Waals surface area contributed by atoms with E-state index in [1.54, 1.807) is 24.1 Å². The van der Waals surface area contributed by atoms with E-state index in [-0.39, 0.29) is 30.4 Å². The van der Waals surface area contributed by atoms with Gasteiger partial charge in [0, 0.05) is 31.1 Å². The Morgan fingerprint density at radius 2 is 2.12 bits per heavy atom. The lowest BCUT2D eigenvalue weighted by atomic mass is 10.0. The molecule has 0 bridgehead atoms. The van der Waals surface area contributed by atoms with E-state index in [4.69, 9.17) is 9.15 Å². The number of furan rings is 1. The third-order valence-corrected chi connectivity index (χ3v) is 6.87. The molecule has 1 aliphatic carbocycles. The first kappa shape index (κ1) is 23.5. The summed E-state index contributed by atoms with van der Waals surface area (Å²) in [6.07, 6.45) is 4.01. The van der Waals surface area contributed by atoms with E-state index in [1.807, 2.05) is 50.4 Å². The molecule has 1 aliphatic heterocycles. The molecule has 0 amide bonds. The SMILES string of the molecule is CNC1(C)CCN(C2=C(F)CC(N(C)C(O)c3ccc(COc4ccccc4C)o3)C=C2)C1. The number of benzene rings is 1. The van der Waals surface area contributed by atoms with Crippen molar-refractivity contribution in [3.05, 3.63) is 77.2 Å². The van der Waals surface area contributed by atoms with Crippen LogP contribution < -0.4 is 10.1 Å². The summed E-state index contributed by atoms with van der Waals surface area (Å²) in [5.74, 6) is 1.68. The van der Waals surface area contributed by atoms with Crippen molar-refractivity contribution in [2.24, 2.45) is 0 Å². The van der Waals surface area contributed by atoms with Crippen molar-refractivity contribution in [1.29, 1.82) is 0 Å². The van der Waals surface area contributed by atoms with Crippen LogP contribution in [0.25, 0.3) is 0 Å². The number of aryl methyl sites for hydroxylation is 1. The Labute approximate surface area is 195 Å². The van der Waals surface area contributed by atoms with Crippen molar-refractivity contribution in [2.75, 3.05) is 27.2 Å². The van der Waals surface area contributed by atoms with Crippen LogP contribution in [0.15, 0.2) is 64.5 Å². The summed E-state index contributed by atoms with van der Waals surface area (Å²) in [6, 6.07) is 11.1. The van der Waals surface area contributed by atoms with Crippen LogP contribution in [-0.2, 0) is 6.61 Å². The summed E-state index contributed by atoms with van der Waals surface area (Å²) in [6.45, 7) is 6.02. The third-order valence-electron chi connectivity index (χ3n) is 6.87. The third kappa shape index (κ3) is 5.16. The molecule has 2 N–H and O–H groups in total. The maximum atomic E-state index is 15.0. The second-order valence-electron chi connectivity index (χ2n) is 9.30. The Morgan fingerprint density at radius 3 is 2.82 bits per heavy atom. The van der Waals surface area contributed by atoms with E-state index in [9.17, 15) is 5.11 Å². The fraction of sp³-hybridized carbons (Fsp3) is 0.462. The molecular formula is C26H34FN3O3. The van der Waals surface area contributed by atoms with Gasteiger partial charge >= 0.3 is 0 Å². The van der Waals surface area contributed by atoms with E-state index in [0.29, 0.717) is 17.2 Å². The lowest BCUT2D eigenvalue weighted by molar-refractivity contribution is -0.0149. The molecule has 33 heavy (non-hydrogen) atoms. The van der Waals surface area contributed by atoms with Crippen LogP contribution in [0.4, 0.5) is 4.39 Å². The minimum atomic E-state index is -0.986. The molecule has 3 unspecified atom stereocenters. The first-order chi connectivity index (χ1) is 15.8. The second kappa shape index (κ2) is 9.71. The standard InChI is InChI=1S/C26H34FN3O3/c1-18-7-5-6-8-23(18)32-16-20-10-12-24(33-20)25(31)29(4)19-9-11-22(21(27)15-19)30-14-13-26(2,17-30)28-3/h5-12,19,25,28,31H,13-17H2,1-4H3. The highest BCUT2D eigenvalue weighted by Crippen LogP contribution is 2.33. The van der Waals surface area contributed by atoms with Gasteiger partial charge in [-0.1, -0.05) is 24.3 Å². The lowest BCUT2D eigenvalue weighted by Crippen LogP contribution is -2.42. The normalized spacial score (nSPS) is 24.1. The van der Waals surface area contributed by atoms with E-state index in [0.717, 1.165) is 30.8 Å². The Morgan fingerprint density at radius 1 is 1.33 bits per heavy atom. The quantitative estimate of drug-likeness (QED) is 0.580. The molecule has 7 heteroatoms. The molecule has 1 saturated heterocycles. The Balaban J connectivity index is 1.35. The van der Waals surface area contributed by atoms with Gasteiger partial charge in [-0.25, -0.2) is 4.39 Å². The van der Waals surface area contributed by atoms with Crippen LogP contribution in [0.5, 0.6) is 5.75 Å². The maximum absolute atomic E-state index is 15.0. The monoisotopic (exact) mass is 455 g/mol. The van der Waals surface area contributed by atoms with Crippen molar-refractivity contribution in [3.63, 3.8) is 0 Å². The molecular weight excluding hydrogens is 421 g/mol. The zero-order valence-electron chi connectivity index (χ0n) is 19.8. The maximum Gasteiger partial charge on any atom is 0.166 e. The summed E-state index contributed by atoms with van der Waals surface area (Å²) in [7, 11) is 3.73. The highest BCUT2D eigenvalue weighted by atomic mass is 19.1. The summed E-state index contributed by atoms with van der Waals surface area (Å²) in [4.78, 5) is 3.82. The Kier molecular flexibility index (Phi) is 6.93. The number of rotatable bonds is 8. The highest BCUT2D eigenvalue weighted by Gasteiger charge is 2.35. The summed E-state index contributed by atoms with van der Waals surface area (Å²) < 4.78 is 26.7. The molecule has 4 rings (SSSR count). The number of nitrogens with zero attached hydrogens (tertiary/aromatic N) is 2. The fourth-order valence-electron chi connectivity index (χ4n) is 4.44. The van der Waals surface area contributed by atoms with E-state index in [1.165, 1.54) is 0 Å². The number of hydrogen-bond acceptors (Lipinski definition) is 6. The topological polar surface area (TPSA) is 61.1 Å². The average Bonchev–Trinajstić information content (AvgIpc) is 3.45. The van der Waals surface area contributed by atoms with Gasteiger partial charge in [-0.3, -0.25) is 4.90 Å². The van der Waals surface area contributed by atoms with Crippen LogP contribution in [0.2, 0.25) is 0 Å². The predicted octanol–water partition coefficient (Wildman–Crippen LogP) is 4.28. The molecule has 1 fully saturated rings. The van der Waals surface area contributed by atoms with Crippen molar-refractivity contribution in [1.82, 2.24) is 15.1 Å². The van der Waals surface area contributed by atoms with Crippen LogP contribution in [0, 0.1) is 6.92 Å². The largest absolute Gasteiger partial charge is 0.485 e. The number of para-hydroxylation sites is 1. The molecule has 2 heterocycles. The van der Waals surface area contributed by atoms with Gasteiger partial charge in [0.05, 0.1) is 5.70 Å². The number of ether oxygens (including phenoxy) is 1. The molecule has 2 aliphatic rings. The van der Waals surface area contributed by atoms with Gasteiger partial charge in [0.1, 0.15) is 29.7 Å². The molecule has 0 spiro atoms. The molecule has 2 aromatic rings. The Hall–Kier alpha value is -2.61. The summed E-state index contributed by atoms with van der Waals surface area (Å²) in [5, 5.41) is 14.2. The van der Waals surface area contributed by atoms with E-state index < -0.39 is 6.23 Å². The number of aliphatic hydroxyl groups is 1. The molecule has 1 aromatic carbocycles. The van der Waals surface area contributed by atoms with Gasteiger partial charge in [0.25, 0.3) is 0 Å². The van der Waals surface area contributed by atoms with Crippen molar-refractivity contribution >= 4 is 0 Å². The van der Waals surface area contributed by atoms with Crippen LogP contribution in [0.1, 0.15) is 43.1 Å². The van der Waals surface area contributed by atoms with Gasteiger partial charge < -0.3 is 24.5 Å². The predicted molar refractivity (Wildman–Crippen MR) is 126 cm³/mol. The van der Waals surface area contributed by atoms with Crippen molar-refractivity contribution < 1.29 is 18.7 Å². The molecule has 178 valence electrons. The zero-order chi connectivity index (χ0) is 23.6. The number of hydrogen-bond donors (Lipinski definition) is 2. The van der Waals surface area contributed by atoms with Crippen LogP contribution in [0.3, 0.4) is 0 Å². The molecule has 3 atom stereocenters. The number of likely N-dealkylation sites (N-methyl/N-ethyl adjacent to an activating group) is 2. The smallest absolute Gasteiger partial charge is 0.166 e. The number of likely N-dealkylation sites (tertiary alicyclic amines) is 1. The zero-order valence-corrected chi connectivity index (χ0v) is 19.8. The molecule has 1 aromatic heterocycles. The van der Waals surface area contributed by atoms with Gasteiger partial charge in [-0.15, -0.1) is 0 Å². The Bertz CT molecular complexity index is 1030. The van der Waals surface area contributed by atoms with Gasteiger partial charge in [-0.2, -0.15) is 0 Å². The number of nitrogens with one attached hydrogen (secondary N) is 1. The number of aliphatic hydroxyl groups excluding tert-OH is 1. The molecule has 0 saturated carbocycles. The van der Waals surface area contributed by atoms with E-state index >= 15 is 4.39 Å². The average molecular weight is 456 g/mol. The highest BCUT2D eigenvalue weighted by molar-refractivity contribution is 5.32. The number of halogens is 1. The van der Waals surface area contributed by atoms with Gasteiger partial charge in [0.2, 0.25) is 0 Å². The minimum Gasteiger partial charge on any atom is -0.485 e. The van der Waals surface area contributed by atoms with E-state index in [2.05, 4.69) is 17.1 Å². The fourth-order valence-corrected chi connectivity index (χ4v) is 4.44. The molecule has 0 radical (unpaired) electrons. The lowest BCUT2D eigenvalue weighted by Gasteiger charge is -2.33. The first-order valence-electron chi connectivity index (χ1n) is 11.5. The summed E-state index contributed by atoms with van der Waals surface area (Å²) in [5.41, 5.74) is 1.71. The summed E-state index contributed by atoms with van der Waals surface area (Å²) >= 11 is 0. The molecule has 6 nitrogen and oxygen atoms in total.